The number of nitrogens with zero attached hydrogens (tertiary/aromatic N) is 1. The van der Waals surface area contributed by atoms with Crippen molar-refractivity contribution in [2.45, 2.75) is 0 Å². The van der Waals surface area contributed by atoms with Crippen molar-refractivity contribution in [2.75, 3.05) is 11.9 Å². The Morgan fingerprint density at radius 1 is 1.50 bits per heavy atom. The summed E-state index contributed by atoms with van der Waals surface area (Å²) in [6.45, 7) is 0.420. The number of rotatable bonds is 3. The number of halogens is 2. The fraction of sp³-hybridized carbons (Fsp3) is 0.100. The van der Waals surface area contributed by atoms with E-state index < -0.39 is 0 Å². The van der Waals surface area contributed by atoms with E-state index in [-0.39, 0.29) is 0 Å². The molecule has 0 amide bonds. The molecule has 0 atom stereocenters. The first-order valence-electron chi connectivity index (χ1n) is 3.95. The first-order chi connectivity index (χ1) is 6.77. The molecule has 0 bridgehead atoms. The second-order valence-electron chi connectivity index (χ2n) is 2.57. The van der Waals surface area contributed by atoms with Gasteiger partial charge in [0.05, 0.1) is 17.8 Å². The minimum absolute atomic E-state index is 0.420. The summed E-state index contributed by atoms with van der Waals surface area (Å²) in [5.74, 6) is 0. The largest absolute Gasteiger partial charge is 0.379 e. The van der Waals surface area contributed by atoms with E-state index >= 15 is 0 Å². The maximum absolute atomic E-state index is 8.78. The average Bonchev–Trinajstić information content (AvgIpc) is 2.26. The summed E-state index contributed by atoms with van der Waals surface area (Å²) in [5.41, 5.74) is 2.64. The van der Waals surface area contributed by atoms with Crippen LogP contribution in [0, 0.1) is 11.3 Å². The molecule has 0 radical (unpaired) electrons. The second kappa shape index (κ2) is 5.54. The van der Waals surface area contributed by atoms with Crippen molar-refractivity contribution in [1.82, 2.24) is 0 Å². The highest BCUT2D eigenvalue weighted by molar-refractivity contribution is 6.36. The first kappa shape index (κ1) is 10.9. The maximum atomic E-state index is 8.78. The normalized spacial score (nSPS) is 10.8. The third kappa shape index (κ3) is 2.95. The van der Waals surface area contributed by atoms with Gasteiger partial charge in [0.15, 0.2) is 0 Å². The molecule has 0 spiro atoms. The van der Waals surface area contributed by atoms with Gasteiger partial charge in [-0.05, 0) is 12.1 Å². The van der Waals surface area contributed by atoms with E-state index in [4.69, 9.17) is 28.5 Å². The zero-order valence-electron chi connectivity index (χ0n) is 7.30. The van der Waals surface area contributed by atoms with Gasteiger partial charge < -0.3 is 5.32 Å². The van der Waals surface area contributed by atoms with Gasteiger partial charge in [-0.15, -0.1) is 0 Å². The molecule has 0 aliphatic rings. The molecule has 0 aliphatic carbocycles. The van der Waals surface area contributed by atoms with Gasteiger partial charge in [0.25, 0.3) is 0 Å². The lowest BCUT2D eigenvalue weighted by molar-refractivity contribution is 1.30. The Hall–Kier alpha value is -1.17. The Kier molecular flexibility index (Phi) is 4.31. The van der Waals surface area contributed by atoms with Gasteiger partial charge in [0.2, 0.25) is 0 Å². The molecule has 0 heterocycles. The van der Waals surface area contributed by atoms with Crippen LogP contribution < -0.4 is 5.32 Å². The molecule has 0 aromatic heterocycles. The number of nitriles is 1. The van der Waals surface area contributed by atoms with Crippen molar-refractivity contribution in [1.29, 1.82) is 5.26 Å². The van der Waals surface area contributed by atoms with Crippen molar-refractivity contribution >= 4 is 28.9 Å². The standard InChI is InChI=1S/C10H8Cl2N2/c11-5-9(12)7-14-10-4-2-1-3-8(10)6-13/h1-5,14H,7H2. The third-order valence-electron chi connectivity index (χ3n) is 1.61. The zero-order chi connectivity index (χ0) is 10.4. The Morgan fingerprint density at radius 2 is 2.21 bits per heavy atom. The number of benzene rings is 1. The lowest BCUT2D eigenvalue weighted by atomic mass is 10.2. The lowest BCUT2D eigenvalue weighted by Crippen LogP contribution is -2.02. The van der Waals surface area contributed by atoms with Gasteiger partial charge in [-0.25, -0.2) is 0 Å². The van der Waals surface area contributed by atoms with Gasteiger partial charge in [-0.2, -0.15) is 5.26 Å². The van der Waals surface area contributed by atoms with Crippen LogP contribution in [0.25, 0.3) is 0 Å². The van der Waals surface area contributed by atoms with Crippen molar-refractivity contribution < 1.29 is 0 Å². The van der Waals surface area contributed by atoms with E-state index in [0.717, 1.165) is 5.69 Å². The van der Waals surface area contributed by atoms with E-state index in [0.29, 0.717) is 17.1 Å². The van der Waals surface area contributed by atoms with Crippen LogP contribution in [-0.4, -0.2) is 6.54 Å². The average molecular weight is 227 g/mol. The first-order valence-corrected chi connectivity index (χ1v) is 4.77. The third-order valence-corrected chi connectivity index (χ3v) is 2.23. The molecule has 1 rings (SSSR count). The molecule has 0 unspecified atom stereocenters. The fourth-order valence-electron chi connectivity index (χ4n) is 0.953. The van der Waals surface area contributed by atoms with Crippen LogP contribution in [0.15, 0.2) is 34.8 Å². The summed E-state index contributed by atoms with van der Waals surface area (Å²) in [6, 6.07) is 9.29. The van der Waals surface area contributed by atoms with Crippen LogP contribution >= 0.6 is 23.2 Å². The van der Waals surface area contributed by atoms with Gasteiger partial charge >= 0.3 is 0 Å². The van der Waals surface area contributed by atoms with Gasteiger partial charge in [0, 0.05) is 10.6 Å². The van der Waals surface area contributed by atoms with Gasteiger partial charge in [-0.3, -0.25) is 0 Å². The maximum Gasteiger partial charge on any atom is 0.101 e. The van der Waals surface area contributed by atoms with E-state index in [1.54, 1.807) is 6.07 Å². The Labute approximate surface area is 92.8 Å². The summed E-state index contributed by atoms with van der Waals surface area (Å²) in [6.07, 6.45) is 0. The van der Waals surface area contributed by atoms with Crippen LogP contribution in [0.1, 0.15) is 5.56 Å². The van der Waals surface area contributed by atoms with Crippen LogP contribution in [-0.2, 0) is 0 Å². The highest BCUT2D eigenvalue weighted by Crippen LogP contribution is 2.14. The molecule has 0 aliphatic heterocycles. The summed E-state index contributed by atoms with van der Waals surface area (Å²) in [7, 11) is 0. The molecule has 1 aromatic rings. The number of hydrogen-bond acceptors (Lipinski definition) is 2. The summed E-state index contributed by atoms with van der Waals surface area (Å²) >= 11 is 11.1. The molecule has 4 heteroatoms. The Bertz CT molecular complexity index is 380. The fourth-order valence-corrected chi connectivity index (χ4v) is 1.10. The van der Waals surface area contributed by atoms with Crippen molar-refractivity contribution in [3.05, 3.63) is 40.4 Å². The Balaban J connectivity index is 2.73. The number of nitrogens with one attached hydrogen (secondary N) is 1. The van der Waals surface area contributed by atoms with Crippen LogP contribution in [0.5, 0.6) is 0 Å². The van der Waals surface area contributed by atoms with Crippen molar-refractivity contribution in [3.63, 3.8) is 0 Å². The monoisotopic (exact) mass is 226 g/mol. The van der Waals surface area contributed by atoms with E-state index in [9.17, 15) is 0 Å². The Morgan fingerprint density at radius 3 is 2.86 bits per heavy atom. The molecule has 2 nitrogen and oxygen atoms in total. The number of hydrogen-bond donors (Lipinski definition) is 1. The minimum Gasteiger partial charge on any atom is -0.379 e. The number of anilines is 1. The second-order valence-corrected chi connectivity index (χ2v) is 3.27. The predicted octanol–water partition coefficient (Wildman–Crippen LogP) is 3.29. The number of para-hydroxylation sites is 1. The van der Waals surface area contributed by atoms with Gasteiger partial charge in [-0.1, -0.05) is 35.3 Å². The molecule has 0 saturated heterocycles. The van der Waals surface area contributed by atoms with Crippen molar-refractivity contribution in [2.24, 2.45) is 0 Å². The van der Waals surface area contributed by atoms with Gasteiger partial charge in [0.1, 0.15) is 6.07 Å². The highest BCUT2D eigenvalue weighted by Gasteiger charge is 1.99. The topological polar surface area (TPSA) is 35.8 Å². The van der Waals surface area contributed by atoms with Crippen molar-refractivity contribution in [3.8, 4) is 6.07 Å². The van der Waals surface area contributed by atoms with Crippen LogP contribution in [0.3, 0.4) is 0 Å². The molecule has 1 N–H and O–H groups in total. The highest BCUT2D eigenvalue weighted by atomic mass is 35.5. The quantitative estimate of drug-likeness (QED) is 0.859. The van der Waals surface area contributed by atoms with Crippen LogP contribution in [0.2, 0.25) is 0 Å². The molecule has 14 heavy (non-hydrogen) atoms. The van der Waals surface area contributed by atoms with E-state index in [1.165, 1.54) is 5.54 Å². The molecule has 0 saturated carbocycles. The molecule has 1 aromatic carbocycles. The SMILES string of the molecule is N#Cc1ccccc1NCC(Cl)=CCl. The van der Waals surface area contributed by atoms with E-state index in [2.05, 4.69) is 11.4 Å². The predicted molar refractivity (Wildman–Crippen MR) is 59.4 cm³/mol. The summed E-state index contributed by atoms with van der Waals surface area (Å²) in [5, 5.41) is 12.3. The molecular formula is C10H8Cl2N2. The van der Waals surface area contributed by atoms with E-state index in [1.807, 2.05) is 18.2 Å². The molecular weight excluding hydrogens is 219 g/mol. The molecule has 0 fully saturated rings. The molecule has 72 valence electrons. The smallest absolute Gasteiger partial charge is 0.101 e. The minimum atomic E-state index is 0.420. The zero-order valence-corrected chi connectivity index (χ0v) is 8.81. The summed E-state index contributed by atoms with van der Waals surface area (Å²) < 4.78 is 0. The lowest BCUT2D eigenvalue weighted by Gasteiger charge is -2.06. The van der Waals surface area contributed by atoms with Crippen LogP contribution in [0.4, 0.5) is 5.69 Å². The summed E-state index contributed by atoms with van der Waals surface area (Å²) in [4.78, 5) is 0.